The second-order valence-electron chi connectivity index (χ2n) is 6.80. The van der Waals surface area contributed by atoms with Crippen LogP contribution < -0.4 is 10.2 Å². The van der Waals surface area contributed by atoms with Crippen LogP contribution in [0.5, 0.6) is 0 Å². The van der Waals surface area contributed by atoms with Crippen molar-refractivity contribution in [2.45, 2.75) is 6.54 Å². The maximum Gasteiger partial charge on any atom is 0.227 e. The fourth-order valence-corrected chi connectivity index (χ4v) is 3.29. The molecule has 1 saturated heterocycles. The number of nitrogens with zero attached hydrogens (tertiary/aromatic N) is 5. The molecule has 4 rings (SSSR count). The Balaban J connectivity index is 1.36. The first-order valence-corrected chi connectivity index (χ1v) is 9.41. The highest BCUT2D eigenvalue weighted by molar-refractivity contribution is 5.58. The fourth-order valence-electron chi connectivity index (χ4n) is 3.29. The Morgan fingerprint density at radius 3 is 2.39 bits per heavy atom. The van der Waals surface area contributed by atoms with Crippen LogP contribution in [0.15, 0.2) is 66.9 Å². The summed E-state index contributed by atoms with van der Waals surface area (Å²) >= 11 is 0. The van der Waals surface area contributed by atoms with Crippen LogP contribution in [0, 0.1) is 11.3 Å². The summed E-state index contributed by atoms with van der Waals surface area (Å²) in [6.07, 6.45) is 1.78. The van der Waals surface area contributed by atoms with Gasteiger partial charge in [-0.2, -0.15) is 10.2 Å². The third-order valence-corrected chi connectivity index (χ3v) is 4.83. The van der Waals surface area contributed by atoms with Crippen LogP contribution in [0.25, 0.3) is 0 Å². The van der Waals surface area contributed by atoms with Gasteiger partial charge in [0.05, 0.1) is 11.6 Å². The first-order chi connectivity index (χ1) is 13.8. The minimum Gasteiger partial charge on any atom is -0.340 e. The molecule has 2 aromatic carbocycles. The molecule has 6 nitrogen and oxygen atoms in total. The number of hydrogen-bond donors (Lipinski definition) is 1. The van der Waals surface area contributed by atoms with Crippen LogP contribution in [0.3, 0.4) is 0 Å². The molecule has 3 aromatic rings. The summed E-state index contributed by atoms with van der Waals surface area (Å²) in [6, 6.07) is 21.9. The minimum absolute atomic E-state index is 0.641. The van der Waals surface area contributed by atoms with E-state index in [-0.39, 0.29) is 0 Å². The largest absolute Gasteiger partial charge is 0.340 e. The number of anilines is 3. The lowest BCUT2D eigenvalue weighted by Crippen LogP contribution is -2.46. The average molecular weight is 370 g/mol. The molecule has 6 heteroatoms. The maximum absolute atomic E-state index is 8.90. The maximum atomic E-state index is 8.90. The van der Waals surface area contributed by atoms with E-state index in [2.05, 4.69) is 61.5 Å². The standard InChI is InChI=1S/C22H22N6/c23-16-18-6-8-20(9-7-18)25-21-10-11-24-22(26-21)28-14-12-27(13-15-28)17-19-4-2-1-3-5-19/h1-11H,12-15,17H2,(H,24,25,26). The highest BCUT2D eigenvalue weighted by Gasteiger charge is 2.19. The quantitative estimate of drug-likeness (QED) is 0.742. The molecule has 0 unspecified atom stereocenters. The van der Waals surface area contributed by atoms with Crippen LogP contribution >= 0.6 is 0 Å². The van der Waals surface area contributed by atoms with E-state index < -0.39 is 0 Å². The summed E-state index contributed by atoms with van der Waals surface area (Å²) in [4.78, 5) is 13.8. The molecule has 1 aliphatic rings. The zero-order valence-corrected chi connectivity index (χ0v) is 15.6. The number of aromatic nitrogens is 2. The molecule has 0 spiro atoms. The Morgan fingerprint density at radius 1 is 0.929 bits per heavy atom. The molecular weight excluding hydrogens is 348 g/mol. The van der Waals surface area contributed by atoms with E-state index in [0.29, 0.717) is 5.56 Å². The van der Waals surface area contributed by atoms with Crippen molar-refractivity contribution in [3.63, 3.8) is 0 Å². The third-order valence-electron chi connectivity index (χ3n) is 4.83. The topological polar surface area (TPSA) is 68.1 Å². The predicted molar refractivity (Wildman–Crippen MR) is 110 cm³/mol. The zero-order valence-electron chi connectivity index (χ0n) is 15.6. The summed E-state index contributed by atoms with van der Waals surface area (Å²) in [5.41, 5.74) is 2.89. The van der Waals surface area contributed by atoms with Crippen molar-refractivity contribution < 1.29 is 0 Å². The van der Waals surface area contributed by atoms with E-state index in [1.807, 2.05) is 18.2 Å². The van der Waals surface area contributed by atoms with Gasteiger partial charge in [0.15, 0.2) is 0 Å². The normalized spacial score (nSPS) is 14.5. The van der Waals surface area contributed by atoms with Crippen molar-refractivity contribution in [2.75, 3.05) is 36.4 Å². The van der Waals surface area contributed by atoms with Gasteiger partial charge in [-0.1, -0.05) is 30.3 Å². The summed E-state index contributed by atoms with van der Waals surface area (Å²) in [5.74, 6) is 1.50. The molecule has 0 aliphatic carbocycles. The molecule has 0 saturated carbocycles. The lowest BCUT2D eigenvalue weighted by atomic mass is 10.2. The first-order valence-electron chi connectivity index (χ1n) is 9.41. The van der Waals surface area contributed by atoms with Gasteiger partial charge < -0.3 is 10.2 Å². The lowest BCUT2D eigenvalue weighted by Gasteiger charge is -2.34. The Morgan fingerprint density at radius 2 is 1.68 bits per heavy atom. The second kappa shape index (κ2) is 8.51. The number of nitrogens with one attached hydrogen (secondary N) is 1. The van der Waals surface area contributed by atoms with Crippen LogP contribution in [-0.2, 0) is 6.54 Å². The molecule has 1 fully saturated rings. The van der Waals surface area contributed by atoms with Crippen molar-refractivity contribution in [1.82, 2.24) is 14.9 Å². The van der Waals surface area contributed by atoms with Gasteiger partial charge in [-0.15, -0.1) is 0 Å². The molecule has 2 heterocycles. The zero-order chi connectivity index (χ0) is 19.2. The second-order valence-corrected chi connectivity index (χ2v) is 6.80. The monoisotopic (exact) mass is 370 g/mol. The lowest BCUT2D eigenvalue weighted by molar-refractivity contribution is 0.248. The van der Waals surface area contributed by atoms with E-state index in [4.69, 9.17) is 5.26 Å². The predicted octanol–water partition coefficient (Wildman–Crippen LogP) is 3.41. The van der Waals surface area contributed by atoms with Gasteiger partial charge >= 0.3 is 0 Å². The summed E-state index contributed by atoms with van der Waals surface area (Å²) in [7, 11) is 0. The minimum atomic E-state index is 0.641. The molecule has 1 N–H and O–H groups in total. The van der Waals surface area contributed by atoms with Crippen LogP contribution in [0.2, 0.25) is 0 Å². The molecule has 1 aliphatic heterocycles. The average Bonchev–Trinajstić information content (AvgIpc) is 2.76. The molecule has 0 bridgehead atoms. The van der Waals surface area contributed by atoms with Crippen molar-refractivity contribution in [2.24, 2.45) is 0 Å². The van der Waals surface area contributed by atoms with E-state index in [1.54, 1.807) is 18.3 Å². The summed E-state index contributed by atoms with van der Waals surface area (Å²) in [5, 5.41) is 12.2. The Hall–Kier alpha value is -3.43. The van der Waals surface area contributed by atoms with E-state index in [1.165, 1.54) is 5.56 Å². The van der Waals surface area contributed by atoms with Crippen LogP contribution in [-0.4, -0.2) is 41.0 Å². The SMILES string of the molecule is N#Cc1ccc(Nc2ccnc(N3CCN(Cc4ccccc4)CC3)n2)cc1. The van der Waals surface area contributed by atoms with Gasteiger partial charge in [0.2, 0.25) is 5.95 Å². The number of benzene rings is 2. The number of nitriles is 1. The van der Waals surface area contributed by atoms with Gasteiger partial charge in [0, 0.05) is 44.6 Å². The van der Waals surface area contributed by atoms with Gasteiger partial charge in [0.25, 0.3) is 0 Å². The van der Waals surface area contributed by atoms with Crippen molar-refractivity contribution in [3.8, 4) is 6.07 Å². The summed E-state index contributed by atoms with van der Waals surface area (Å²) in [6.45, 7) is 4.78. The van der Waals surface area contributed by atoms with E-state index in [0.717, 1.165) is 50.2 Å². The third kappa shape index (κ3) is 4.45. The van der Waals surface area contributed by atoms with Gasteiger partial charge in [-0.05, 0) is 35.9 Å². The van der Waals surface area contributed by atoms with Crippen LogP contribution in [0.4, 0.5) is 17.5 Å². The highest BCUT2D eigenvalue weighted by Crippen LogP contribution is 2.18. The molecule has 140 valence electrons. The number of piperazine rings is 1. The summed E-state index contributed by atoms with van der Waals surface area (Å²) < 4.78 is 0. The molecule has 0 radical (unpaired) electrons. The van der Waals surface area contributed by atoms with Gasteiger partial charge in [-0.25, -0.2) is 4.98 Å². The number of hydrogen-bond acceptors (Lipinski definition) is 6. The van der Waals surface area contributed by atoms with E-state index in [9.17, 15) is 0 Å². The van der Waals surface area contributed by atoms with Crippen LogP contribution in [0.1, 0.15) is 11.1 Å². The molecule has 0 atom stereocenters. The smallest absolute Gasteiger partial charge is 0.227 e. The first kappa shape index (κ1) is 18.0. The Kier molecular flexibility index (Phi) is 5.46. The Bertz CT molecular complexity index is 941. The van der Waals surface area contributed by atoms with Crippen molar-refractivity contribution >= 4 is 17.5 Å². The highest BCUT2D eigenvalue weighted by atomic mass is 15.3. The molecule has 28 heavy (non-hydrogen) atoms. The fraction of sp³-hybridized carbons (Fsp3) is 0.227. The van der Waals surface area contributed by atoms with E-state index >= 15 is 0 Å². The van der Waals surface area contributed by atoms with Gasteiger partial charge in [0.1, 0.15) is 5.82 Å². The number of rotatable bonds is 5. The molecule has 1 aromatic heterocycles. The van der Waals surface area contributed by atoms with Crippen molar-refractivity contribution in [3.05, 3.63) is 78.0 Å². The molecular formula is C22H22N6. The Labute approximate surface area is 165 Å². The van der Waals surface area contributed by atoms with Gasteiger partial charge in [-0.3, -0.25) is 4.90 Å². The molecule has 0 amide bonds. The van der Waals surface area contributed by atoms with Crippen molar-refractivity contribution in [1.29, 1.82) is 5.26 Å².